The van der Waals surface area contributed by atoms with E-state index in [2.05, 4.69) is 0 Å². The Bertz CT molecular complexity index is 707. The molecule has 0 aliphatic carbocycles. The van der Waals surface area contributed by atoms with Gasteiger partial charge in [0, 0.05) is 0 Å². The highest BCUT2D eigenvalue weighted by molar-refractivity contribution is 6.23. The van der Waals surface area contributed by atoms with Gasteiger partial charge in [-0.2, -0.15) is 0 Å². The predicted octanol–water partition coefficient (Wildman–Crippen LogP) is 1.00. The molecule has 1 aromatic carbocycles. The third-order valence-electron chi connectivity index (χ3n) is 3.43. The molecule has 0 aromatic heterocycles. The molecular formula is C14H10F4NO4-. The van der Waals surface area contributed by atoms with Crippen molar-refractivity contribution < 1.29 is 37.1 Å². The molecule has 1 aromatic rings. The van der Waals surface area contributed by atoms with Gasteiger partial charge in [0.05, 0.1) is 23.1 Å². The second-order valence-electron chi connectivity index (χ2n) is 6.07. The number of rotatable bonds is 2. The Morgan fingerprint density at radius 1 is 0.913 bits per heavy atom. The molecule has 0 unspecified atom stereocenters. The summed E-state index contributed by atoms with van der Waals surface area (Å²) in [5.74, 6) is -13.6. The maximum Gasteiger partial charge on any atom is 0.265 e. The molecular weight excluding hydrogens is 322 g/mol. The number of carboxylic acid groups (broad SMARTS) is 1. The van der Waals surface area contributed by atoms with Gasteiger partial charge in [0.2, 0.25) is 0 Å². The van der Waals surface area contributed by atoms with Gasteiger partial charge in [0.15, 0.2) is 23.3 Å². The number of carbonyl (C=O) groups is 3. The van der Waals surface area contributed by atoms with Gasteiger partial charge in [-0.05, 0) is 5.41 Å². The van der Waals surface area contributed by atoms with Crippen molar-refractivity contribution in [2.24, 2.45) is 5.41 Å². The fourth-order valence-corrected chi connectivity index (χ4v) is 2.45. The van der Waals surface area contributed by atoms with Crippen LogP contribution in [0.1, 0.15) is 41.5 Å². The van der Waals surface area contributed by atoms with E-state index in [1.165, 1.54) is 20.8 Å². The number of fused-ring (bicyclic) bond motifs is 1. The predicted molar refractivity (Wildman–Crippen MR) is 65.0 cm³/mol. The van der Waals surface area contributed by atoms with E-state index < -0.39 is 63.6 Å². The maximum absolute atomic E-state index is 13.8. The van der Waals surface area contributed by atoms with Crippen LogP contribution in [0.5, 0.6) is 0 Å². The van der Waals surface area contributed by atoms with Crippen LogP contribution in [-0.2, 0) is 4.79 Å². The number of aliphatic carboxylic acids is 1. The molecule has 1 heterocycles. The molecule has 5 nitrogen and oxygen atoms in total. The first-order valence-electron chi connectivity index (χ1n) is 6.36. The zero-order valence-electron chi connectivity index (χ0n) is 12.2. The molecule has 0 radical (unpaired) electrons. The molecule has 0 spiro atoms. The van der Waals surface area contributed by atoms with Crippen molar-refractivity contribution in [1.82, 2.24) is 4.90 Å². The van der Waals surface area contributed by atoms with Gasteiger partial charge >= 0.3 is 0 Å². The lowest BCUT2D eigenvalue weighted by Crippen LogP contribution is -2.56. The molecule has 124 valence electrons. The highest BCUT2D eigenvalue weighted by Gasteiger charge is 2.49. The molecule has 1 aliphatic rings. The number of amides is 2. The molecule has 2 amide bonds. The third kappa shape index (κ3) is 2.27. The van der Waals surface area contributed by atoms with Gasteiger partial charge in [-0.1, -0.05) is 20.8 Å². The van der Waals surface area contributed by atoms with Crippen LogP contribution in [-0.4, -0.2) is 28.7 Å². The molecule has 0 bridgehead atoms. The van der Waals surface area contributed by atoms with E-state index in [4.69, 9.17) is 0 Å². The summed E-state index contributed by atoms with van der Waals surface area (Å²) in [4.78, 5) is 35.6. The van der Waals surface area contributed by atoms with Crippen molar-refractivity contribution >= 4 is 17.8 Å². The van der Waals surface area contributed by atoms with E-state index in [9.17, 15) is 37.1 Å². The SMILES string of the molecule is CC(C)(C)[C@@H](C(=O)[O-])N1C(=O)c2c(F)c(F)c(F)c(F)c2C1=O. The van der Waals surface area contributed by atoms with Crippen LogP contribution in [0.25, 0.3) is 0 Å². The molecule has 0 fully saturated rings. The molecule has 0 saturated carbocycles. The van der Waals surface area contributed by atoms with E-state index in [0.717, 1.165) is 0 Å². The van der Waals surface area contributed by atoms with Crippen molar-refractivity contribution in [3.05, 3.63) is 34.4 Å². The van der Waals surface area contributed by atoms with Gasteiger partial charge in [-0.25, -0.2) is 17.6 Å². The summed E-state index contributed by atoms with van der Waals surface area (Å²) in [5, 5.41) is 11.3. The van der Waals surface area contributed by atoms with Crippen molar-refractivity contribution in [3.8, 4) is 0 Å². The third-order valence-corrected chi connectivity index (χ3v) is 3.43. The largest absolute Gasteiger partial charge is 0.548 e. The Balaban J connectivity index is 2.74. The van der Waals surface area contributed by atoms with Crippen LogP contribution < -0.4 is 5.11 Å². The highest BCUT2D eigenvalue weighted by atomic mass is 19.2. The van der Waals surface area contributed by atoms with Crippen LogP contribution in [0.2, 0.25) is 0 Å². The zero-order chi connectivity index (χ0) is 17.9. The lowest BCUT2D eigenvalue weighted by Gasteiger charge is -2.37. The summed E-state index contributed by atoms with van der Waals surface area (Å²) in [6.07, 6.45) is 0. The van der Waals surface area contributed by atoms with Crippen LogP contribution >= 0.6 is 0 Å². The Morgan fingerprint density at radius 3 is 1.52 bits per heavy atom. The molecule has 0 saturated heterocycles. The Morgan fingerprint density at radius 2 is 1.26 bits per heavy atom. The Labute approximate surface area is 127 Å². The van der Waals surface area contributed by atoms with E-state index in [0.29, 0.717) is 0 Å². The molecule has 1 aliphatic heterocycles. The molecule has 9 heteroatoms. The normalized spacial score (nSPS) is 15.9. The van der Waals surface area contributed by atoms with E-state index in [1.807, 2.05) is 0 Å². The molecule has 0 N–H and O–H groups in total. The Hall–Kier alpha value is -2.45. The molecule has 23 heavy (non-hydrogen) atoms. The number of hydrogen-bond donors (Lipinski definition) is 0. The number of carboxylic acids is 1. The van der Waals surface area contributed by atoms with Gasteiger partial charge in [-0.3, -0.25) is 14.5 Å². The quantitative estimate of drug-likeness (QED) is 0.350. The highest BCUT2D eigenvalue weighted by Crippen LogP contribution is 2.36. The summed E-state index contributed by atoms with van der Waals surface area (Å²) >= 11 is 0. The van der Waals surface area contributed by atoms with Crippen LogP contribution in [0.15, 0.2) is 0 Å². The zero-order valence-corrected chi connectivity index (χ0v) is 12.2. The van der Waals surface area contributed by atoms with Crippen molar-refractivity contribution in [1.29, 1.82) is 0 Å². The monoisotopic (exact) mass is 332 g/mol. The second kappa shape index (κ2) is 5.04. The first-order chi connectivity index (χ1) is 10.4. The fraction of sp³-hybridized carbons (Fsp3) is 0.357. The van der Waals surface area contributed by atoms with Gasteiger partial charge in [0.25, 0.3) is 11.8 Å². The van der Waals surface area contributed by atoms with E-state index in [-0.39, 0.29) is 4.90 Å². The van der Waals surface area contributed by atoms with Gasteiger partial charge < -0.3 is 9.90 Å². The minimum atomic E-state index is -2.26. The maximum atomic E-state index is 13.8. The molecule has 2 rings (SSSR count). The van der Waals surface area contributed by atoms with Crippen LogP contribution in [0, 0.1) is 28.7 Å². The summed E-state index contributed by atoms with van der Waals surface area (Å²) in [6, 6.07) is -1.89. The lowest BCUT2D eigenvalue weighted by molar-refractivity contribution is -0.313. The minimum Gasteiger partial charge on any atom is -0.548 e. The van der Waals surface area contributed by atoms with Crippen LogP contribution in [0.3, 0.4) is 0 Å². The van der Waals surface area contributed by atoms with E-state index in [1.54, 1.807) is 0 Å². The smallest absolute Gasteiger partial charge is 0.265 e. The summed E-state index contributed by atoms with van der Waals surface area (Å²) < 4.78 is 54.0. The molecule has 1 atom stereocenters. The number of halogens is 4. The van der Waals surface area contributed by atoms with Crippen LogP contribution in [0.4, 0.5) is 17.6 Å². The van der Waals surface area contributed by atoms with Crippen molar-refractivity contribution in [2.75, 3.05) is 0 Å². The Kier molecular flexibility index (Phi) is 3.70. The second-order valence-corrected chi connectivity index (χ2v) is 6.07. The number of benzene rings is 1. The van der Waals surface area contributed by atoms with E-state index >= 15 is 0 Å². The number of carbonyl (C=O) groups excluding carboxylic acids is 3. The first-order valence-corrected chi connectivity index (χ1v) is 6.36. The average molecular weight is 332 g/mol. The minimum absolute atomic E-state index is 0.0467. The topological polar surface area (TPSA) is 77.5 Å². The summed E-state index contributed by atoms with van der Waals surface area (Å²) in [5.41, 5.74) is -3.92. The fourth-order valence-electron chi connectivity index (χ4n) is 2.45. The summed E-state index contributed by atoms with van der Waals surface area (Å²) in [7, 11) is 0. The lowest BCUT2D eigenvalue weighted by atomic mass is 9.85. The van der Waals surface area contributed by atoms with Gasteiger partial charge in [0.1, 0.15) is 0 Å². The number of hydrogen-bond acceptors (Lipinski definition) is 4. The number of nitrogens with zero attached hydrogens (tertiary/aromatic N) is 1. The van der Waals surface area contributed by atoms with Gasteiger partial charge in [-0.15, -0.1) is 0 Å². The standard InChI is InChI=1S/C14H11F4NO4/c1-14(2,3)10(13(22)23)19-11(20)4-5(12(19)21)7(16)9(18)8(17)6(4)15/h10H,1-3H3,(H,22,23)/p-1/t10-/m1/s1. The number of imide groups is 1. The van der Waals surface area contributed by atoms with Crippen molar-refractivity contribution in [3.63, 3.8) is 0 Å². The summed E-state index contributed by atoms with van der Waals surface area (Å²) in [6.45, 7) is 4.01. The first kappa shape index (κ1) is 16.9. The van der Waals surface area contributed by atoms with Crippen molar-refractivity contribution in [2.45, 2.75) is 26.8 Å². The average Bonchev–Trinajstić information content (AvgIpc) is 2.66.